The van der Waals surface area contributed by atoms with Crippen LogP contribution >= 0.6 is 0 Å². The molecule has 0 aliphatic carbocycles. The van der Waals surface area contributed by atoms with Crippen LogP contribution < -0.4 is 5.56 Å². The molecule has 1 unspecified atom stereocenters. The van der Waals surface area contributed by atoms with Crippen LogP contribution in [0, 0.1) is 0 Å². The summed E-state index contributed by atoms with van der Waals surface area (Å²) in [6.45, 7) is 0.179. The van der Waals surface area contributed by atoms with E-state index in [2.05, 4.69) is 10.1 Å². The molecule has 1 aliphatic heterocycles. The zero-order chi connectivity index (χ0) is 23.8. The van der Waals surface area contributed by atoms with Crippen molar-refractivity contribution in [1.82, 2.24) is 24.2 Å². The van der Waals surface area contributed by atoms with Crippen molar-refractivity contribution in [1.29, 1.82) is 0 Å². The van der Waals surface area contributed by atoms with Crippen molar-refractivity contribution in [2.75, 3.05) is 13.1 Å². The van der Waals surface area contributed by atoms with Crippen LogP contribution in [0.25, 0.3) is 11.0 Å². The number of amides is 1. The maximum atomic E-state index is 13.6. The van der Waals surface area contributed by atoms with Crippen molar-refractivity contribution in [2.45, 2.75) is 43.5 Å². The summed E-state index contributed by atoms with van der Waals surface area (Å²) in [7, 11) is 1.67. The average molecular weight is 463 g/mol. The lowest BCUT2D eigenvalue weighted by Crippen LogP contribution is -2.50. The molecule has 0 saturated carbocycles. The van der Waals surface area contributed by atoms with E-state index in [1.165, 1.54) is 50.9 Å². The van der Waals surface area contributed by atoms with Gasteiger partial charge in [0, 0.05) is 26.6 Å². The molecule has 8 nitrogen and oxygen atoms in total. The molecule has 33 heavy (non-hydrogen) atoms. The smallest absolute Gasteiger partial charge is 0.388 e. The van der Waals surface area contributed by atoms with Crippen LogP contribution in [0.2, 0.25) is 0 Å². The lowest BCUT2D eigenvalue weighted by molar-refractivity contribution is -0.162. The van der Waals surface area contributed by atoms with E-state index in [9.17, 15) is 27.9 Å². The number of alkyl halides is 3. The van der Waals surface area contributed by atoms with Gasteiger partial charge in [0.1, 0.15) is 11.7 Å². The van der Waals surface area contributed by atoms with Crippen molar-refractivity contribution in [3.8, 4) is 0 Å². The van der Waals surface area contributed by atoms with Gasteiger partial charge >= 0.3 is 6.18 Å². The van der Waals surface area contributed by atoms with E-state index in [1.807, 2.05) is 0 Å². The van der Waals surface area contributed by atoms with Gasteiger partial charge in [-0.1, -0.05) is 30.3 Å². The minimum atomic E-state index is -4.55. The first-order valence-electron chi connectivity index (χ1n) is 10.6. The topological polar surface area (TPSA) is 93.2 Å². The van der Waals surface area contributed by atoms with Gasteiger partial charge in [-0.2, -0.15) is 18.3 Å². The Balaban J connectivity index is 1.42. The van der Waals surface area contributed by atoms with Gasteiger partial charge in [-0.3, -0.25) is 18.8 Å². The predicted octanol–water partition coefficient (Wildman–Crippen LogP) is 2.22. The second kappa shape index (κ2) is 8.62. The highest BCUT2D eigenvalue weighted by Gasteiger charge is 2.43. The van der Waals surface area contributed by atoms with Crippen LogP contribution in [-0.2, 0) is 18.4 Å². The van der Waals surface area contributed by atoms with E-state index >= 15 is 0 Å². The van der Waals surface area contributed by atoms with Crippen LogP contribution in [0.4, 0.5) is 13.2 Å². The molecule has 11 heteroatoms. The molecule has 1 aromatic carbocycles. The fourth-order valence-corrected chi connectivity index (χ4v) is 4.24. The third-order valence-corrected chi connectivity index (χ3v) is 6.21. The quantitative estimate of drug-likeness (QED) is 0.627. The summed E-state index contributed by atoms with van der Waals surface area (Å²) in [5.74, 6) is -2.50. The Morgan fingerprint density at radius 1 is 1.21 bits per heavy atom. The maximum Gasteiger partial charge on any atom is 0.396 e. The summed E-state index contributed by atoms with van der Waals surface area (Å²) in [5.41, 5.74) is -1.14. The predicted molar refractivity (Wildman–Crippen MR) is 113 cm³/mol. The van der Waals surface area contributed by atoms with E-state index in [-0.39, 0.29) is 43.6 Å². The summed E-state index contributed by atoms with van der Waals surface area (Å²) < 4.78 is 43.6. The van der Waals surface area contributed by atoms with Crippen molar-refractivity contribution in [3.63, 3.8) is 0 Å². The van der Waals surface area contributed by atoms with Gasteiger partial charge in [-0.25, -0.2) is 4.98 Å². The molecule has 1 N–H and O–H groups in total. The standard InChI is InChI=1S/C22H24F3N5O3/c1-28-19-16(12-27-28)20(32)30(14-26-19)13-21(33)7-9-29(10-8-21)18(31)11-17(22(23,24)25)15-5-3-2-4-6-15/h2-6,12,14,17,33H,7-11,13H2,1H3. The number of aryl methyl sites for hydroxylation is 1. The average Bonchev–Trinajstić information content (AvgIpc) is 3.15. The molecule has 1 fully saturated rings. The SMILES string of the molecule is Cn1ncc2c(=O)n(CC3(O)CCN(C(=O)CC(c4ccccc4)C(F)(F)F)CC3)cnc21. The number of fused-ring (bicyclic) bond motifs is 1. The van der Waals surface area contributed by atoms with E-state index in [1.54, 1.807) is 13.1 Å². The van der Waals surface area contributed by atoms with Crippen LogP contribution in [0.3, 0.4) is 0 Å². The first kappa shape index (κ1) is 23.0. The Bertz CT molecular complexity index is 1200. The zero-order valence-electron chi connectivity index (χ0n) is 18.0. The minimum absolute atomic E-state index is 0.0269. The van der Waals surface area contributed by atoms with Crippen molar-refractivity contribution in [3.05, 3.63) is 58.8 Å². The molecule has 3 aromatic rings. The largest absolute Gasteiger partial charge is 0.396 e. The summed E-state index contributed by atoms with van der Waals surface area (Å²) in [6, 6.07) is 7.38. The van der Waals surface area contributed by atoms with Gasteiger partial charge in [-0.15, -0.1) is 0 Å². The zero-order valence-corrected chi connectivity index (χ0v) is 18.0. The molecule has 1 saturated heterocycles. The number of hydrogen-bond donors (Lipinski definition) is 1. The van der Waals surface area contributed by atoms with Gasteiger partial charge in [0.25, 0.3) is 5.56 Å². The molecular formula is C22H24F3N5O3. The summed E-state index contributed by atoms with van der Waals surface area (Å²) in [5, 5.41) is 15.3. The van der Waals surface area contributed by atoms with E-state index in [0.29, 0.717) is 11.0 Å². The van der Waals surface area contributed by atoms with Gasteiger partial charge in [0.2, 0.25) is 5.91 Å². The molecule has 0 radical (unpaired) electrons. The van der Waals surface area contributed by atoms with E-state index in [4.69, 9.17) is 0 Å². The van der Waals surface area contributed by atoms with Crippen LogP contribution in [0.15, 0.2) is 47.7 Å². The Labute approximate surface area is 187 Å². The number of piperidine rings is 1. The number of halogens is 3. The molecule has 176 valence electrons. The number of nitrogens with zero attached hydrogens (tertiary/aromatic N) is 5. The van der Waals surface area contributed by atoms with Gasteiger partial charge < -0.3 is 10.0 Å². The summed E-state index contributed by atoms with van der Waals surface area (Å²) in [6.07, 6.45) is -2.21. The summed E-state index contributed by atoms with van der Waals surface area (Å²) >= 11 is 0. The number of aliphatic hydroxyl groups is 1. The van der Waals surface area contributed by atoms with E-state index < -0.39 is 30.0 Å². The Morgan fingerprint density at radius 3 is 2.52 bits per heavy atom. The lowest BCUT2D eigenvalue weighted by Gasteiger charge is -2.39. The molecule has 0 spiro atoms. The number of likely N-dealkylation sites (tertiary alicyclic amines) is 1. The number of aromatic nitrogens is 4. The first-order valence-corrected chi connectivity index (χ1v) is 10.6. The van der Waals surface area contributed by atoms with Crippen LogP contribution in [0.1, 0.15) is 30.7 Å². The Hall–Kier alpha value is -3.21. The van der Waals surface area contributed by atoms with Crippen molar-refractivity contribution >= 4 is 16.9 Å². The highest BCUT2D eigenvalue weighted by molar-refractivity contribution is 5.77. The highest BCUT2D eigenvalue weighted by Crippen LogP contribution is 2.38. The molecule has 2 aromatic heterocycles. The third-order valence-electron chi connectivity index (χ3n) is 6.21. The number of carbonyl (C=O) groups is 1. The Morgan fingerprint density at radius 2 is 1.88 bits per heavy atom. The highest BCUT2D eigenvalue weighted by atomic mass is 19.4. The van der Waals surface area contributed by atoms with Gasteiger partial charge in [0.15, 0.2) is 5.65 Å². The number of benzene rings is 1. The van der Waals surface area contributed by atoms with Crippen molar-refractivity contribution < 1.29 is 23.1 Å². The monoisotopic (exact) mass is 463 g/mol. The number of carbonyl (C=O) groups excluding carboxylic acids is 1. The van der Waals surface area contributed by atoms with Crippen LogP contribution in [-0.4, -0.2) is 60.1 Å². The second-order valence-corrected chi connectivity index (χ2v) is 8.50. The van der Waals surface area contributed by atoms with Crippen molar-refractivity contribution in [2.24, 2.45) is 7.05 Å². The second-order valence-electron chi connectivity index (χ2n) is 8.50. The summed E-state index contributed by atoms with van der Waals surface area (Å²) in [4.78, 5) is 30.9. The van der Waals surface area contributed by atoms with Gasteiger partial charge in [-0.05, 0) is 18.4 Å². The molecule has 0 bridgehead atoms. The molecule has 4 rings (SSSR count). The van der Waals surface area contributed by atoms with Gasteiger partial charge in [0.05, 0.1) is 24.3 Å². The van der Waals surface area contributed by atoms with E-state index in [0.717, 1.165) is 0 Å². The van der Waals surface area contributed by atoms with Crippen LogP contribution in [0.5, 0.6) is 0 Å². The number of rotatable bonds is 5. The fourth-order valence-electron chi connectivity index (χ4n) is 4.24. The molecule has 1 aliphatic rings. The fraction of sp³-hybridized carbons (Fsp3) is 0.455. The molecule has 1 atom stereocenters. The normalized spacial score (nSPS) is 17.3. The third kappa shape index (κ3) is 4.77. The Kier molecular flexibility index (Phi) is 6.00. The maximum absolute atomic E-state index is 13.6. The molecule has 1 amide bonds. The minimum Gasteiger partial charge on any atom is -0.388 e. The number of hydrogen-bond acceptors (Lipinski definition) is 5. The molecule has 3 heterocycles. The lowest BCUT2D eigenvalue weighted by atomic mass is 9.90. The first-order chi connectivity index (χ1) is 15.6. The molecular weight excluding hydrogens is 439 g/mol.